The van der Waals surface area contributed by atoms with Crippen molar-refractivity contribution >= 4 is 11.0 Å². The SMILES string of the molecule is Cc1cccc(-c2nc3c(C)cccc3nc2C)c1F. The van der Waals surface area contributed by atoms with Crippen molar-refractivity contribution in [2.45, 2.75) is 20.8 Å². The molecule has 100 valence electrons. The van der Waals surface area contributed by atoms with Crippen molar-refractivity contribution < 1.29 is 4.39 Å². The highest BCUT2D eigenvalue weighted by Crippen LogP contribution is 2.27. The van der Waals surface area contributed by atoms with Gasteiger partial charge in [0.25, 0.3) is 0 Å². The Hall–Kier alpha value is -2.29. The molecule has 0 bridgehead atoms. The Balaban J connectivity index is 2.34. The molecule has 0 radical (unpaired) electrons. The van der Waals surface area contributed by atoms with Gasteiger partial charge in [-0.15, -0.1) is 0 Å². The van der Waals surface area contributed by atoms with Crippen LogP contribution >= 0.6 is 0 Å². The van der Waals surface area contributed by atoms with Gasteiger partial charge in [-0.05, 0) is 44.0 Å². The van der Waals surface area contributed by atoms with Crippen LogP contribution in [0.3, 0.4) is 0 Å². The molecule has 0 aliphatic heterocycles. The third kappa shape index (κ3) is 1.95. The Labute approximate surface area is 117 Å². The van der Waals surface area contributed by atoms with Gasteiger partial charge >= 0.3 is 0 Å². The van der Waals surface area contributed by atoms with E-state index >= 15 is 0 Å². The second-order valence-corrected chi connectivity index (χ2v) is 5.04. The molecule has 3 aromatic rings. The lowest BCUT2D eigenvalue weighted by Crippen LogP contribution is -1.98. The van der Waals surface area contributed by atoms with E-state index in [1.165, 1.54) is 0 Å². The van der Waals surface area contributed by atoms with Crippen LogP contribution in [-0.2, 0) is 0 Å². The quantitative estimate of drug-likeness (QED) is 0.654. The summed E-state index contributed by atoms with van der Waals surface area (Å²) in [6.07, 6.45) is 0. The Morgan fingerprint density at radius 2 is 1.55 bits per heavy atom. The molecule has 0 atom stereocenters. The summed E-state index contributed by atoms with van der Waals surface area (Å²) in [5, 5.41) is 0. The molecule has 0 unspecified atom stereocenters. The van der Waals surface area contributed by atoms with Crippen molar-refractivity contribution in [3.8, 4) is 11.3 Å². The maximum Gasteiger partial charge on any atom is 0.135 e. The zero-order valence-electron chi connectivity index (χ0n) is 11.7. The van der Waals surface area contributed by atoms with Crippen LogP contribution in [0.15, 0.2) is 36.4 Å². The number of hydrogen-bond acceptors (Lipinski definition) is 2. The molecule has 2 nitrogen and oxygen atoms in total. The average molecular weight is 266 g/mol. The highest BCUT2D eigenvalue weighted by molar-refractivity contribution is 5.81. The monoisotopic (exact) mass is 266 g/mol. The third-order valence-corrected chi connectivity index (χ3v) is 3.52. The molecule has 1 aromatic heterocycles. The first-order valence-corrected chi connectivity index (χ1v) is 6.57. The van der Waals surface area contributed by atoms with Gasteiger partial charge in [-0.3, -0.25) is 0 Å². The van der Waals surface area contributed by atoms with Crippen molar-refractivity contribution in [2.75, 3.05) is 0 Å². The fourth-order valence-corrected chi connectivity index (χ4v) is 2.39. The van der Waals surface area contributed by atoms with Gasteiger partial charge in [-0.2, -0.15) is 0 Å². The predicted molar refractivity (Wildman–Crippen MR) is 79.1 cm³/mol. The molecular formula is C17H15FN2. The summed E-state index contributed by atoms with van der Waals surface area (Å²) in [6.45, 7) is 5.61. The van der Waals surface area contributed by atoms with Crippen molar-refractivity contribution in [3.05, 3.63) is 59.0 Å². The Bertz CT molecular complexity index is 809. The maximum absolute atomic E-state index is 14.3. The van der Waals surface area contributed by atoms with Gasteiger partial charge in [0, 0.05) is 5.56 Å². The largest absolute Gasteiger partial charge is 0.249 e. The van der Waals surface area contributed by atoms with E-state index in [4.69, 9.17) is 0 Å². The van der Waals surface area contributed by atoms with Gasteiger partial charge in [-0.25, -0.2) is 14.4 Å². The molecule has 0 N–H and O–H groups in total. The number of para-hydroxylation sites is 1. The molecule has 1 heterocycles. The Morgan fingerprint density at radius 3 is 2.35 bits per heavy atom. The molecule has 0 spiro atoms. The van der Waals surface area contributed by atoms with Gasteiger partial charge in [0.1, 0.15) is 5.82 Å². The summed E-state index contributed by atoms with van der Waals surface area (Å²) >= 11 is 0. The molecule has 20 heavy (non-hydrogen) atoms. The van der Waals surface area contributed by atoms with E-state index in [0.29, 0.717) is 16.8 Å². The minimum absolute atomic E-state index is 0.224. The second-order valence-electron chi connectivity index (χ2n) is 5.04. The normalized spacial score (nSPS) is 11.0. The minimum atomic E-state index is -0.224. The van der Waals surface area contributed by atoms with Crippen LogP contribution in [0.5, 0.6) is 0 Å². The standard InChI is InChI=1S/C17H15FN2/c1-10-6-4-8-13(15(10)18)17-12(3)19-14-9-5-7-11(2)16(14)20-17/h4-9H,1-3H3. The van der Waals surface area contributed by atoms with Crippen LogP contribution in [0, 0.1) is 26.6 Å². The van der Waals surface area contributed by atoms with E-state index in [-0.39, 0.29) is 5.82 Å². The summed E-state index contributed by atoms with van der Waals surface area (Å²) in [6, 6.07) is 11.2. The van der Waals surface area contributed by atoms with Gasteiger partial charge in [-0.1, -0.05) is 24.3 Å². The summed E-state index contributed by atoms with van der Waals surface area (Å²) in [7, 11) is 0. The predicted octanol–water partition coefficient (Wildman–Crippen LogP) is 4.36. The van der Waals surface area contributed by atoms with Crippen LogP contribution in [0.2, 0.25) is 0 Å². The first-order valence-electron chi connectivity index (χ1n) is 6.57. The van der Waals surface area contributed by atoms with Crippen LogP contribution in [-0.4, -0.2) is 9.97 Å². The number of halogens is 1. The Kier molecular flexibility index (Phi) is 2.97. The molecule has 2 aromatic carbocycles. The van der Waals surface area contributed by atoms with Crippen LogP contribution in [0.25, 0.3) is 22.3 Å². The highest BCUT2D eigenvalue weighted by atomic mass is 19.1. The number of fused-ring (bicyclic) bond motifs is 1. The topological polar surface area (TPSA) is 25.8 Å². The summed E-state index contributed by atoms with van der Waals surface area (Å²) in [5.41, 5.74) is 5.21. The second kappa shape index (κ2) is 4.67. The molecule has 0 fully saturated rings. The lowest BCUT2D eigenvalue weighted by atomic mass is 10.1. The van der Waals surface area contributed by atoms with E-state index < -0.39 is 0 Å². The van der Waals surface area contributed by atoms with Crippen LogP contribution < -0.4 is 0 Å². The molecule has 3 rings (SSSR count). The van der Waals surface area contributed by atoms with Crippen molar-refractivity contribution in [3.63, 3.8) is 0 Å². The number of nitrogens with zero attached hydrogens (tertiary/aromatic N) is 2. The molecular weight excluding hydrogens is 251 g/mol. The molecule has 3 heteroatoms. The zero-order chi connectivity index (χ0) is 14.3. The van der Waals surface area contributed by atoms with Gasteiger partial charge in [0.05, 0.1) is 22.4 Å². The van der Waals surface area contributed by atoms with E-state index in [0.717, 1.165) is 22.3 Å². The molecule has 0 amide bonds. The Morgan fingerprint density at radius 1 is 0.850 bits per heavy atom. The first-order chi connectivity index (χ1) is 9.58. The lowest BCUT2D eigenvalue weighted by molar-refractivity contribution is 0.621. The highest BCUT2D eigenvalue weighted by Gasteiger charge is 2.13. The van der Waals surface area contributed by atoms with Gasteiger partial charge < -0.3 is 0 Å². The minimum Gasteiger partial charge on any atom is -0.249 e. The van der Waals surface area contributed by atoms with Crippen molar-refractivity contribution in [1.29, 1.82) is 0 Å². The first kappa shape index (κ1) is 12.7. The third-order valence-electron chi connectivity index (χ3n) is 3.52. The zero-order valence-corrected chi connectivity index (χ0v) is 11.7. The number of hydrogen-bond donors (Lipinski definition) is 0. The molecule has 0 aliphatic rings. The van der Waals surface area contributed by atoms with Crippen LogP contribution in [0.4, 0.5) is 4.39 Å². The fraction of sp³-hybridized carbons (Fsp3) is 0.176. The lowest BCUT2D eigenvalue weighted by Gasteiger charge is -2.10. The van der Waals surface area contributed by atoms with Gasteiger partial charge in [0.15, 0.2) is 0 Å². The van der Waals surface area contributed by atoms with Crippen molar-refractivity contribution in [1.82, 2.24) is 9.97 Å². The summed E-state index contributed by atoms with van der Waals surface area (Å²) < 4.78 is 14.3. The molecule has 0 saturated heterocycles. The smallest absolute Gasteiger partial charge is 0.135 e. The summed E-state index contributed by atoms with van der Waals surface area (Å²) in [4.78, 5) is 9.20. The molecule has 0 saturated carbocycles. The number of aryl methyl sites for hydroxylation is 3. The average Bonchev–Trinajstić information content (AvgIpc) is 2.42. The molecule has 0 aliphatic carbocycles. The number of benzene rings is 2. The van der Waals surface area contributed by atoms with E-state index in [9.17, 15) is 4.39 Å². The number of rotatable bonds is 1. The summed E-state index contributed by atoms with van der Waals surface area (Å²) in [5.74, 6) is -0.224. The van der Waals surface area contributed by atoms with Crippen molar-refractivity contribution in [2.24, 2.45) is 0 Å². The van der Waals surface area contributed by atoms with E-state index in [1.54, 1.807) is 19.1 Å². The van der Waals surface area contributed by atoms with Gasteiger partial charge in [0.2, 0.25) is 0 Å². The van der Waals surface area contributed by atoms with Crippen LogP contribution in [0.1, 0.15) is 16.8 Å². The maximum atomic E-state index is 14.3. The van der Waals surface area contributed by atoms with E-state index in [1.807, 2.05) is 38.1 Å². The fourth-order valence-electron chi connectivity index (χ4n) is 2.39. The van der Waals surface area contributed by atoms with E-state index in [2.05, 4.69) is 9.97 Å². The number of aromatic nitrogens is 2.